The van der Waals surface area contributed by atoms with Gasteiger partial charge in [0.1, 0.15) is 5.82 Å². The van der Waals surface area contributed by atoms with Crippen LogP contribution in [-0.4, -0.2) is 73.8 Å². The molecule has 0 unspecified atom stereocenters. The third-order valence-corrected chi connectivity index (χ3v) is 7.96. The molecular formula is C27H36N8O. The number of nitrogens with zero attached hydrogens (tertiary/aromatic N) is 7. The fourth-order valence-corrected chi connectivity index (χ4v) is 5.70. The van der Waals surface area contributed by atoms with E-state index in [0.717, 1.165) is 89.5 Å². The summed E-state index contributed by atoms with van der Waals surface area (Å²) in [5, 5.41) is 1.09. The van der Waals surface area contributed by atoms with Gasteiger partial charge in [-0.2, -0.15) is 0 Å². The highest BCUT2D eigenvalue weighted by Gasteiger charge is 2.26. The molecular weight excluding hydrogens is 452 g/mol. The number of aryl methyl sites for hydroxylation is 2. The van der Waals surface area contributed by atoms with Crippen molar-refractivity contribution in [1.29, 1.82) is 0 Å². The van der Waals surface area contributed by atoms with E-state index in [4.69, 9.17) is 19.7 Å². The van der Waals surface area contributed by atoms with E-state index in [-0.39, 0.29) is 0 Å². The van der Waals surface area contributed by atoms with E-state index in [1.807, 2.05) is 12.4 Å². The van der Waals surface area contributed by atoms with Crippen LogP contribution >= 0.6 is 0 Å². The lowest BCUT2D eigenvalue weighted by Gasteiger charge is -2.33. The Bertz CT molecular complexity index is 1380. The number of aromatic amines is 1. The zero-order valence-corrected chi connectivity index (χ0v) is 21.8. The van der Waals surface area contributed by atoms with Crippen molar-refractivity contribution in [3.63, 3.8) is 0 Å². The van der Waals surface area contributed by atoms with E-state index in [1.165, 1.54) is 12.8 Å². The monoisotopic (exact) mass is 488 g/mol. The second-order valence-corrected chi connectivity index (χ2v) is 10.7. The van der Waals surface area contributed by atoms with Crippen molar-refractivity contribution in [3.8, 4) is 11.4 Å². The molecule has 0 bridgehead atoms. The second kappa shape index (κ2) is 9.44. The first-order chi connectivity index (χ1) is 17.5. The smallest absolute Gasteiger partial charge is 0.166 e. The Morgan fingerprint density at radius 2 is 1.83 bits per heavy atom. The first-order valence-corrected chi connectivity index (χ1v) is 13.2. The lowest BCUT2D eigenvalue weighted by atomic mass is 9.87. The van der Waals surface area contributed by atoms with E-state index < -0.39 is 0 Å². The quantitative estimate of drug-likeness (QED) is 0.456. The van der Waals surface area contributed by atoms with Gasteiger partial charge in [0.25, 0.3) is 0 Å². The van der Waals surface area contributed by atoms with Crippen LogP contribution in [0.4, 0.5) is 5.82 Å². The van der Waals surface area contributed by atoms with Gasteiger partial charge in [-0.3, -0.25) is 9.88 Å². The zero-order chi connectivity index (χ0) is 24.8. The number of nitrogens with one attached hydrogen (secondary N) is 1. The standard InChI is InChI=1S/C27H36N8O/c1-17(2)19-5-7-34(8-6-19)16-23-30-24-26(33(23)4)31-25(32-27(24)35-9-11-36-12-10-35)21-14-28-15-22-20(21)13-18(3)29-22/h13-15,17,19,29H,5-12,16H2,1-4H3. The molecule has 0 spiro atoms. The first kappa shape index (κ1) is 23.4. The van der Waals surface area contributed by atoms with Gasteiger partial charge in [0.05, 0.1) is 31.5 Å². The molecule has 0 amide bonds. The van der Waals surface area contributed by atoms with Crippen LogP contribution in [0.5, 0.6) is 0 Å². The van der Waals surface area contributed by atoms with Gasteiger partial charge in [-0.15, -0.1) is 0 Å². The minimum Gasteiger partial charge on any atom is -0.378 e. The average molecular weight is 489 g/mol. The predicted molar refractivity (Wildman–Crippen MR) is 142 cm³/mol. The van der Waals surface area contributed by atoms with Crippen LogP contribution in [0.2, 0.25) is 0 Å². The fourth-order valence-electron chi connectivity index (χ4n) is 5.70. The summed E-state index contributed by atoms with van der Waals surface area (Å²) in [6.45, 7) is 12.8. The van der Waals surface area contributed by atoms with Crippen molar-refractivity contribution < 1.29 is 4.74 Å². The second-order valence-electron chi connectivity index (χ2n) is 10.7. The molecule has 0 radical (unpaired) electrons. The van der Waals surface area contributed by atoms with Gasteiger partial charge in [0.15, 0.2) is 22.8 Å². The topological polar surface area (TPSA) is 88.0 Å². The first-order valence-electron chi connectivity index (χ1n) is 13.2. The zero-order valence-electron chi connectivity index (χ0n) is 21.8. The van der Waals surface area contributed by atoms with Gasteiger partial charge in [-0.1, -0.05) is 13.8 Å². The maximum Gasteiger partial charge on any atom is 0.166 e. The maximum absolute atomic E-state index is 5.63. The van der Waals surface area contributed by atoms with E-state index >= 15 is 0 Å². The van der Waals surface area contributed by atoms with Crippen LogP contribution in [0.15, 0.2) is 18.5 Å². The van der Waals surface area contributed by atoms with Gasteiger partial charge in [-0.05, 0) is 50.8 Å². The van der Waals surface area contributed by atoms with E-state index in [2.05, 4.69) is 58.2 Å². The Morgan fingerprint density at radius 3 is 2.58 bits per heavy atom. The number of fused-ring (bicyclic) bond motifs is 2. The molecule has 190 valence electrons. The molecule has 0 aliphatic carbocycles. The number of pyridine rings is 1. The molecule has 6 heterocycles. The van der Waals surface area contributed by atoms with Crippen LogP contribution < -0.4 is 4.90 Å². The van der Waals surface area contributed by atoms with Crippen LogP contribution in [-0.2, 0) is 18.3 Å². The summed E-state index contributed by atoms with van der Waals surface area (Å²) in [6.07, 6.45) is 6.25. The summed E-state index contributed by atoms with van der Waals surface area (Å²) >= 11 is 0. The van der Waals surface area contributed by atoms with Gasteiger partial charge in [-0.25, -0.2) is 15.0 Å². The van der Waals surface area contributed by atoms with Crippen molar-refractivity contribution >= 4 is 27.9 Å². The van der Waals surface area contributed by atoms with Crippen molar-refractivity contribution in [3.05, 3.63) is 30.0 Å². The third kappa shape index (κ3) is 4.24. The van der Waals surface area contributed by atoms with Gasteiger partial charge in [0, 0.05) is 43.0 Å². The van der Waals surface area contributed by atoms with Crippen LogP contribution in [0.1, 0.15) is 38.2 Å². The lowest BCUT2D eigenvalue weighted by Crippen LogP contribution is -2.37. The van der Waals surface area contributed by atoms with Crippen molar-refractivity contribution in [2.75, 3.05) is 44.3 Å². The van der Waals surface area contributed by atoms with Gasteiger partial charge < -0.3 is 19.2 Å². The summed E-state index contributed by atoms with van der Waals surface area (Å²) in [6, 6.07) is 2.14. The fraction of sp³-hybridized carbons (Fsp3) is 0.556. The summed E-state index contributed by atoms with van der Waals surface area (Å²) in [7, 11) is 2.09. The van der Waals surface area contributed by atoms with Crippen molar-refractivity contribution in [2.45, 2.75) is 40.2 Å². The van der Waals surface area contributed by atoms with E-state index in [1.54, 1.807) is 0 Å². The molecule has 6 rings (SSSR count). The molecule has 9 heteroatoms. The molecule has 0 saturated carbocycles. The van der Waals surface area contributed by atoms with Gasteiger partial charge >= 0.3 is 0 Å². The Morgan fingerprint density at radius 1 is 1.06 bits per heavy atom. The highest BCUT2D eigenvalue weighted by molar-refractivity contribution is 5.95. The van der Waals surface area contributed by atoms with E-state index in [0.29, 0.717) is 19.0 Å². The lowest BCUT2D eigenvalue weighted by molar-refractivity contribution is 0.122. The Balaban J connectivity index is 1.42. The molecule has 4 aromatic rings. The minimum absolute atomic E-state index is 0.688. The summed E-state index contributed by atoms with van der Waals surface area (Å²) in [5.41, 5.74) is 4.78. The number of likely N-dealkylation sites (tertiary alicyclic amines) is 1. The molecule has 4 aromatic heterocycles. The number of H-pyrrole nitrogens is 1. The molecule has 2 fully saturated rings. The van der Waals surface area contributed by atoms with Gasteiger partial charge in [0.2, 0.25) is 0 Å². The molecule has 36 heavy (non-hydrogen) atoms. The summed E-state index contributed by atoms with van der Waals surface area (Å²) in [4.78, 5) is 28.0. The summed E-state index contributed by atoms with van der Waals surface area (Å²) in [5.74, 6) is 4.21. The largest absolute Gasteiger partial charge is 0.378 e. The number of aromatic nitrogens is 6. The van der Waals surface area contributed by atoms with Crippen molar-refractivity contribution in [2.24, 2.45) is 18.9 Å². The van der Waals surface area contributed by atoms with Crippen LogP contribution in [0.25, 0.3) is 33.5 Å². The minimum atomic E-state index is 0.688. The SMILES string of the molecule is Cc1cc2c(-c3nc(N4CCOCC4)c4nc(CN5CCC(C(C)C)CC5)n(C)c4n3)cncc2[nH]1. The number of piperidine rings is 1. The molecule has 1 N–H and O–H groups in total. The summed E-state index contributed by atoms with van der Waals surface area (Å²) < 4.78 is 7.79. The normalized spacial score (nSPS) is 18.2. The maximum atomic E-state index is 5.63. The van der Waals surface area contributed by atoms with Crippen LogP contribution in [0, 0.1) is 18.8 Å². The van der Waals surface area contributed by atoms with E-state index in [9.17, 15) is 0 Å². The number of hydrogen-bond acceptors (Lipinski definition) is 7. The number of ether oxygens (including phenoxy) is 1. The average Bonchev–Trinajstić information content (AvgIpc) is 3.43. The third-order valence-electron chi connectivity index (χ3n) is 7.96. The predicted octanol–water partition coefficient (Wildman–Crippen LogP) is 3.92. The number of imidazole rings is 1. The highest BCUT2D eigenvalue weighted by atomic mass is 16.5. The Labute approximate surface area is 211 Å². The van der Waals surface area contributed by atoms with Crippen molar-refractivity contribution in [1.82, 2.24) is 34.4 Å². The molecule has 2 saturated heterocycles. The van der Waals surface area contributed by atoms with Crippen LogP contribution in [0.3, 0.4) is 0 Å². The molecule has 0 aromatic carbocycles. The molecule has 9 nitrogen and oxygen atoms in total. The molecule has 2 aliphatic rings. The number of hydrogen-bond donors (Lipinski definition) is 1. The number of anilines is 1. The Kier molecular flexibility index (Phi) is 6.13. The molecule has 2 aliphatic heterocycles. The number of morpholine rings is 1. The number of rotatable bonds is 5. The highest BCUT2D eigenvalue weighted by Crippen LogP contribution is 2.32. The Hall–Kier alpha value is -3.04. The molecule has 0 atom stereocenters.